The van der Waals surface area contributed by atoms with Gasteiger partial charge in [0.25, 0.3) is 0 Å². The molecule has 7 N–H and O–H groups in total. The monoisotopic (exact) mass is 552 g/mol. The maximum atomic E-state index is 12.2. The maximum absolute atomic E-state index is 12.2. The first-order valence-corrected chi connectivity index (χ1v) is 14.0. The van der Waals surface area contributed by atoms with Crippen LogP contribution >= 0.6 is 0 Å². The molecule has 2 fully saturated rings. The fourth-order valence-electron chi connectivity index (χ4n) is 4.74. The van der Waals surface area contributed by atoms with Crippen molar-refractivity contribution in [1.82, 2.24) is 0 Å². The number of rotatable bonds is 17. The number of ether oxygens (including phenoxy) is 4. The van der Waals surface area contributed by atoms with E-state index < -0.39 is 80.6 Å². The Morgan fingerprint density at radius 3 is 1.84 bits per heavy atom. The number of aliphatic hydroxyl groups is 7. The second-order valence-electron chi connectivity index (χ2n) is 10.3. The lowest BCUT2D eigenvalue weighted by Crippen LogP contribution is -2.64. The van der Waals surface area contributed by atoms with Gasteiger partial charge in [-0.05, 0) is 6.42 Å². The number of carbonyl (C=O) groups excluding carboxylic acids is 1. The van der Waals surface area contributed by atoms with Crippen molar-refractivity contribution in [3.63, 3.8) is 0 Å². The molecule has 0 aromatic carbocycles. The summed E-state index contributed by atoms with van der Waals surface area (Å²) in [5.41, 5.74) is 0. The van der Waals surface area contributed by atoms with Crippen molar-refractivity contribution < 1.29 is 59.5 Å². The summed E-state index contributed by atoms with van der Waals surface area (Å²) >= 11 is 0. The third-order valence-corrected chi connectivity index (χ3v) is 7.19. The van der Waals surface area contributed by atoms with Crippen molar-refractivity contribution in [3.05, 3.63) is 0 Å². The minimum absolute atomic E-state index is 0.190. The fraction of sp³-hybridized carbons (Fsp3) is 0.962. The Bertz CT molecular complexity index is 650. The van der Waals surface area contributed by atoms with E-state index >= 15 is 0 Å². The highest BCUT2D eigenvalue weighted by Gasteiger charge is 2.50. The molecule has 0 saturated carbocycles. The lowest BCUT2D eigenvalue weighted by Gasteiger charge is -2.45. The zero-order valence-corrected chi connectivity index (χ0v) is 22.3. The van der Waals surface area contributed by atoms with Gasteiger partial charge in [-0.3, -0.25) is 4.79 Å². The van der Waals surface area contributed by atoms with Gasteiger partial charge in [-0.15, -0.1) is 0 Å². The van der Waals surface area contributed by atoms with Crippen LogP contribution in [0.15, 0.2) is 0 Å². The summed E-state index contributed by atoms with van der Waals surface area (Å²) < 4.78 is 21.4. The van der Waals surface area contributed by atoms with Crippen LogP contribution in [-0.2, 0) is 23.7 Å². The van der Waals surface area contributed by atoms with Gasteiger partial charge in [0, 0.05) is 6.42 Å². The summed E-state index contributed by atoms with van der Waals surface area (Å²) in [6.45, 7) is 1.11. The highest BCUT2D eigenvalue weighted by molar-refractivity contribution is 5.69. The van der Waals surface area contributed by atoms with Crippen LogP contribution in [0.4, 0.5) is 0 Å². The molecule has 0 aromatic rings. The summed E-state index contributed by atoms with van der Waals surface area (Å²) in [6, 6.07) is 0. The Balaban J connectivity index is 1.75. The Morgan fingerprint density at radius 1 is 0.684 bits per heavy atom. The molecule has 0 unspecified atom stereocenters. The molecule has 10 atom stereocenters. The molecule has 38 heavy (non-hydrogen) atoms. The van der Waals surface area contributed by atoms with Gasteiger partial charge in [0.05, 0.1) is 6.61 Å². The van der Waals surface area contributed by atoms with E-state index in [4.69, 9.17) is 18.9 Å². The van der Waals surface area contributed by atoms with E-state index in [9.17, 15) is 40.5 Å². The van der Waals surface area contributed by atoms with E-state index in [1.54, 1.807) is 0 Å². The molecule has 224 valence electrons. The molecule has 0 bridgehead atoms. The van der Waals surface area contributed by atoms with E-state index in [1.807, 2.05) is 0 Å². The predicted octanol–water partition coefficient (Wildman–Crippen LogP) is -0.145. The third kappa shape index (κ3) is 10.2. The number of aliphatic hydroxyl groups excluding tert-OH is 7. The van der Waals surface area contributed by atoms with Crippen LogP contribution in [0.25, 0.3) is 0 Å². The van der Waals surface area contributed by atoms with E-state index in [0.717, 1.165) is 19.3 Å². The van der Waals surface area contributed by atoms with E-state index in [0.29, 0.717) is 6.42 Å². The predicted molar refractivity (Wildman–Crippen MR) is 134 cm³/mol. The molecule has 0 spiro atoms. The molecule has 12 nitrogen and oxygen atoms in total. The molecule has 2 heterocycles. The quantitative estimate of drug-likeness (QED) is 0.0933. The van der Waals surface area contributed by atoms with E-state index in [1.165, 1.54) is 44.9 Å². The molecule has 2 aliphatic rings. The third-order valence-electron chi connectivity index (χ3n) is 7.19. The van der Waals surface area contributed by atoms with Gasteiger partial charge in [-0.25, -0.2) is 0 Å². The second-order valence-corrected chi connectivity index (χ2v) is 10.3. The number of hydrogen-bond acceptors (Lipinski definition) is 12. The van der Waals surface area contributed by atoms with Gasteiger partial charge in [0.1, 0.15) is 55.4 Å². The van der Waals surface area contributed by atoms with E-state index in [-0.39, 0.29) is 6.42 Å². The molecule has 0 amide bonds. The molecule has 0 aromatic heterocycles. The highest BCUT2D eigenvalue weighted by Crippen LogP contribution is 2.29. The molecule has 12 heteroatoms. The van der Waals surface area contributed by atoms with Crippen molar-refractivity contribution in [2.45, 2.75) is 145 Å². The fourth-order valence-corrected chi connectivity index (χ4v) is 4.74. The van der Waals surface area contributed by atoms with Crippen LogP contribution in [0.3, 0.4) is 0 Å². The number of carbonyl (C=O) groups is 1. The summed E-state index contributed by atoms with van der Waals surface area (Å²) in [7, 11) is 0. The standard InChI is InChI=1S/C26H48O12/c1-2-3-4-5-6-7-8-9-10-11-12-13-18(28)35-15-17-24(21(31)22(32)25(34)36-17)38-26-23(33)20(30)19(29)16(14-27)37-26/h16-17,19-27,29-34H,2-15H2,1H3/t16-,17-,19-,20+,21-,22+,23+,24-,25+,26+/m1/s1. The Labute approximate surface area is 224 Å². The average molecular weight is 553 g/mol. The van der Waals surface area contributed by atoms with Crippen molar-refractivity contribution >= 4 is 5.97 Å². The topological polar surface area (TPSA) is 196 Å². The van der Waals surface area contributed by atoms with Crippen LogP contribution < -0.4 is 0 Å². The molecule has 2 rings (SSSR count). The van der Waals surface area contributed by atoms with Gasteiger partial charge >= 0.3 is 5.97 Å². The SMILES string of the molecule is CCCCCCCCCCCCCC(=O)OC[C@H]1O[C@H](O)[C@@H](O)[C@@H](O)[C@@H]1O[C@@H]1O[C@H](CO)[C@@H](O)[C@H](O)[C@@H]1O. The summed E-state index contributed by atoms with van der Waals surface area (Å²) in [5.74, 6) is -0.494. The van der Waals surface area contributed by atoms with Crippen LogP contribution in [0, 0.1) is 0 Å². The van der Waals surface area contributed by atoms with Crippen molar-refractivity contribution in [2.75, 3.05) is 13.2 Å². The average Bonchev–Trinajstić information content (AvgIpc) is 2.91. The first-order chi connectivity index (χ1) is 18.2. The van der Waals surface area contributed by atoms with Crippen molar-refractivity contribution in [2.24, 2.45) is 0 Å². The smallest absolute Gasteiger partial charge is 0.305 e. The number of hydrogen-bond donors (Lipinski definition) is 7. The van der Waals surface area contributed by atoms with Gasteiger partial charge in [-0.2, -0.15) is 0 Å². The first-order valence-electron chi connectivity index (χ1n) is 14.0. The molecular weight excluding hydrogens is 504 g/mol. The lowest BCUT2D eigenvalue weighted by atomic mass is 9.97. The zero-order valence-electron chi connectivity index (χ0n) is 22.3. The van der Waals surface area contributed by atoms with Gasteiger partial charge in [0.15, 0.2) is 12.6 Å². The number of unbranched alkanes of at least 4 members (excludes halogenated alkanes) is 10. The van der Waals surface area contributed by atoms with Gasteiger partial charge in [-0.1, -0.05) is 71.1 Å². The maximum Gasteiger partial charge on any atom is 0.305 e. The van der Waals surface area contributed by atoms with Crippen LogP contribution in [0.1, 0.15) is 84.0 Å². The number of esters is 1. The van der Waals surface area contributed by atoms with Gasteiger partial charge < -0.3 is 54.7 Å². The van der Waals surface area contributed by atoms with Crippen LogP contribution in [0.5, 0.6) is 0 Å². The van der Waals surface area contributed by atoms with Crippen LogP contribution in [0.2, 0.25) is 0 Å². The normalized spacial score (nSPS) is 35.8. The Morgan fingerprint density at radius 2 is 1.26 bits per heavy atom. The van der Waals surface area contributed by atoms with E-state index in [2.05, 4.69) is 6.92 Å². The summed E-state index contributed by atoms with van der Waals surface area (Å²) in [5, 5.41) is 69.9. The van der Waals surface area contributed by atoms with Crippen LogP contribution in [-0.4, -0.2) is 116 Å². The molecule has 2 saturated heterocycles. The lowest BCUT2D eigenvalue weighted by molar-refractivity contribution is -0.355. The summed E-state index contributed by atoms with van der Waals surface area (Å²) in [4.78, 5) is 12.2. The Hall–Kier alpha value is -0.930. The van der Waals surface area contributed by atoms with Crippen molar-refractivity contribution in [1.29, 1.82) is 0 Å². The largest absolute Gasteiger partial charge is 0.463 e. The highest BCUT2D eigenvalue weighted by atomic mass is 16.7. The Kier molecular flexibility index (Phi) is 15.5. The molecular formula is C26H48O12. The minimum atomic E-state index is -1.78. The van der Waals surface area contributed by atoms with Crippen molar-refractivity contribution in [3.8, 4) is 0 Å². The zero-order chi connectivity index (χ0) is 28.1. The molecule has 0 aliphatic carbocycles. The molecule has 0 radical (unpaired) electrons. The first kappa shape index (κ1) is 33.3. The minimum Gasteiger partial charge on any atom is -0.463 e. The second kappa shape index (κ2) is 17.7. The molecule has 2 aliphatic heterocycles. The van der Waals surface area contributed by atoms with Gasteiger partial charge in [0.2, 0.25) is 0 Å². The summed E-state index contributed by atoms with van der Waals surface area (Å²) in [6.07, 6.45) is -3.11.